The Morgan fingerprint density at radius 3 is 2.64 bits per heavy atom. The number of carbonyl (C=O) groups is 2. The molecule has 118 valence electrons. The molecular formula is C19H24O3. The van der Waals surface area contributed by atoms with E-state index in [0.29, 0.717) is 23.5 Å². The quantitative estimate of drug-likeness (QED) is 0.741. The van der Waals surface area contributed by atoms with Gasteiger partial charge in [-0.15, -0.1) is 0 Å². The smallest absolute Gasteiger partial charge is 0.219 e. The molecular weight excluding hydrogens is 276 g/mol. The molecule has 0 amide bonds. The van der Waals surface area contributed by atoms with Crippen molar-refractivity contribution in [2.75, 3.05) is 0 Å². The first kappa shape index (κ1) is 14.2. The van der Waals surface area contributed by atoms with Gasteiger partial charge in [-0.3, -0.25) is 9.59 Å². The maximum absolute atomic E-state index is 12.4. The Balaban J connectivity index is 1.75. The summed E-state index contributed by atoms with van der Waals surface area (Å²) in [5, 5.41) is 10.2. The second-order valence-electron chi connectivity index (χ2n) is 8.14. The molecule has 5 unspecified atom stereocenters. The number of hydrogen-bond acceptors (Lipinski definition) is 3. The normalized spacial score (nSPS) is 47.3. The lowest BCUT2D eigenvalue weighted by Gasteiger charge is -2.55. The van der Waals surface area contributed by atoms with Gasteiger partial charge in [-0.25, -0.2) is 0 Å². The predicted molar refractivity (Wildman–Crippen MR) is 83.2 cm³/mol. The molecule has 0 radical (unpaired) electrons. The molecule has 3 saturated carbocycles. The van der Waals surface area contributed by atoms with Crippen molar-refractivity contribution >= 4 is 11.6 Å². The van der Waals surface area contributed by atoms with Crippen LogP contribution in [-0.4, -0.2) is 16.7 Å². The molecule has 3 fully saturated rings. The van der Waals surface area contributed by atoms with Gasteiger partial charge in [0, 0.05) is 17.3 Å². The number of aliphatic hydroxyl groups is 1. The minimum absolute atomic E-state index is 0.0146. The molecule has 5 atom stereocenters. The molecule has 0 aromatic heterocycles. The number of Topliss-reactive ketones (excluding diaryl/α,β-unsaturated/α-hetero) is 1. The summed E-state index contributed by atoms with van der Waals surface area (Å²) in [5.74, 6) is 1.68. The number of rotatable bonds is 0. The third kappa shape index (κ3) is 1.57. The van der Waals surface area contributed by atoms with Gasteiger partial charge in [-0.1, -0.05) is 19.9 Å². The molecule has 0 saturated heterocycles. The lowest BCUT2D eigenvalue weighted by atomic mass is 9.48. The first-order valence-corrected chi connectivity index (χ1v) is 8.57. The first-order valence-electron chi connectivity index (χ1n) is 8.57. The molecule has 0 bridgehead atoms. The van der Waals surface area contributed by atoms with Crippen LogP contribution in [0.15, 0.2) is 23.5 Å². The van der Waals surface area contributed by atoms with E-state index in [-0.39, 0.29) is 22.4 Å². The Bertz CT molecular complexity index is 629. The van der Waals surface area contributed by atoms with Gasteiger partial charge in [0.15, 0.2) is 5.76 Å². The highest BCUT2D eigenvalue weighted by Crippen LogP contribution is 2.63. The van der Waals surface area contributed by atoms with Gasteiger partial charge < -0.3 is 5.11 Å². The van der Waals surface area contributed by atoms with Gasteiger partial charge >= 0.3 is 0 Å². The summed E-state index contributed by atoms with van der Waals surface area (Å²) in [7, 11) is 0. The molecule has 4 aliphatic rings. The summed E-state index contributed by atoms with van der Waals surface area (Å²) in [6.45, 7) is 4.35. The van der Waals surface area contributed by atoms with Gasteiger partial charge in [0.2, 0.25) is 5.78 Å². The zero-order chi connectivity index (χ0) is 15.7. The topological polar surface area (TPSA) is 54.4 Å². The fourth-order valence-electron chi connectivity index (χ4n) is 6.08. The first-order chi connectivity index (χ1) is 10.4. The van der Waals surface area contributed by atoms with Crippen LogP contribution in [0.2, 0.25) is 0 Å². The van der Waals surface area contributed by atoms with E-state index in [0.717, 1.165) is 44.1 Å². The Morgan fingerprint density at radius 2 is 1.86 bits per heavy atom. The minimum atomic E-state index is -0.248. The van der Waals surface area contributed by atoms with Gasteiger partial charge in [-0.2, -0.15) is 0 Å². The van der Waals surface area contributed by atoms with Gasteiger partial charge in [0.25, 0.3) is 0 Å². The third-order valence-corrected chi connectivity index (χ3v) is 7.39. The number of carbonyl (C=O) groups excluding carboxylic acids is 2. The van der Waals surface area contributed by atoms with Gasteiger partial charge in [0.05, 0.1) is 0 Å². The lowest BCUT2D eigenvalue weighted by Crippen LogP contribution is -2.50. The van der Waals surface area contributed by atoms with Crippen LogP contribution < -0.4 is 0 Å². The van der Waals surface area contributed by atoms with E-state index in [4.69, 9.17) is 0 Å². The monoisotopic (exact) mass is 300 g/mol. The molecule has 4 aliphatic carbocycles. The van der Waals surface area contributed by atoms with Crippen LogP contribution in [-0.2, 0) is 9.59 Å². The maximum Gasteiger partial charge on any atom is 0.219 e. The number of hydrogen-bond donors (Lipinski definition) is 1. The molecule has 0 spiro atoms. The highest BCUT2D eigenvalue weighted by molar-refractivity contribution is 6.04. The standard InChI is InChI=1S/C19H24O3/c1-18-10-8-15(20)17(22)14(18)4-3-11-12-5-6-16(21)19(12,2)9-7-13(11)18/h8,10-13,22H,3-7,9H2,1-2H3. The van der Waals surface area contributed by atoms with Crippen LogP contribution in [0.25, 0.3) is 0 Å². The molecule has 4 rings (SSSR count). The molecule has 0 aromatic carbocycles. The van der Waals surface area contributed by atoms with Crippen LogP contribution in [0.3, 0.4) is 0 Å². The van der Waals surface area contributed by atoms with E-state index in [1.54, 1.807) is 6.08 Å². The van der Waals surface area contributed by atoms with E-state index in [1.807, 2.05) is 6.08 Å². The SMILES string of the molecule is CC12C=CC(=O)C(O)=C1CCC1C2CCC2(C)C(=O)CCC12. The van der Waals surface area contributed by atoms with Crippen LogP contribution in [0, 0.1) is 28.6 Å². The molecule has 0 aliphatic heterocycles. The van der Waals surface area contributed by atoms with Crippen molar-refractivity contribution in [3.63, 3.8) is 0 Å². The van der Waals surface area contributed by atoms with E-state index >= 15 is 0 Å². The minimum Gasteiger partial charge on any atom is -0.504 e. The van der Waals surface area contributed by atoms with E-state index in [9.17, 15) is 14.7 Å². The summed E-state index contributed by atoms with van der Waals surface area (Å²) in [4.78, 5) is 24.1. The van der Waals surface area contributed by atoms with Crippen molar-refractivity contribution in [2.24, 2.45) is 28.6 Å². The summed E-state index contributed by atoms with van der Waals surface area (Å²) in [5.41, 5.74) is 0.622. The van der Waals surface area contributed by atoms with E-state index < -0.39 is 0 Å². The molecule has 3 nitrogen and oxygen atoms in total. The number of aliphatic hydroxyl groups excluding tert-OH is 1. The van der Waals surface area contributed by atoms with Crippen LogP contribution in [0.5, 0.6) is 0 Å². The van der Waals surface area contributed by atoms with Crippen molar-refractivity contribution in [3.05, 3.63) is 23.5 Å². The summed E-state index contributed by atoms with van der Waals surface area (Å²) < 4.78 is 0. The lowest BCUT2D eigenvalue weighted by molar-refractivity contribution is -0.131. The van der Waals surface area contributed by atoms with Crippen molar-refractivity contribution < 1.29 is 14.7 Å². The Hall–Kier alpha value is -1.38. The Morgan fingerprint density at radius 1 is 1.09 bits per heavy atom. The fraction of sp³-hybridized carbons (Fsp3) is 0.684. The highest BCUT2D eigenvalue weighted by Gasteiger charge is 2.59. The van der Waals surface area contributed by atoms with E-state index in [2.05, 4.69) is 13.8 Å². The Kier molecular flexibility index (Phi) is 2.80. The average Bonchev–Trinajstić information content (AvgIpc) is 2.79. The van der Waals surface area contributed by atoms with Crippen LogP contribution in [0.1, 0.15) is 52.4 Å². The van der Waals surface area contributed by atoms with Crippen molar-refractivity contribution in [2.45, 2.75) is 52.4 Å². The second-order valence-corrected chi connectivity index (χ2v) is 8.14. The van der Waals surface area contributed by atoms with Crippen molar-refractivity contribution in [1.29, 1.82) is 0 Å². The number of ketones is 2. The van der Waals surface area contributed by atoms with E-state index in [1.165, 1.54) is 0 Å². The Labute approximate surface area is 131 Å². The molecule has 1 N–H and O–H groups in total. The molecule has 0 aromatic rings. The van der Waals surface area contributed by atoms with Gasteiger partial charge in [-0.05, 0) is 61.5 Å². The number of fused-ring (bicyclic) bond motifs is 5. The van der Waals surface area contributed by atoms with Gasteiger partial charge in [0.1, 0.15) is 5.78 Å². The largest absolute Gasteiger partial charge is 0.504 e. The molecule has 22 heavy (non-hydrogen) atoms. The van der Waals surface area contributed by atoms with Crippen molar-refractivity contribution in [3.8, 4) is 0 Å². The fourth-order valence-corrected chi connectivity index (χ4v) is 6.08. The summed E-state index contributed by atoms with van der Waals surface area (Å²) in [6.07, 6.45) is 9.13. The number of allylic oxidation sites excluding steroid dienone is 3. The predicted octanol–water partition coefficient (Wildman–Crippen LogP) is 3.75. The highest BCUT2D eigenvalue weighted by atomic mass is 16.3. The third-order valence-electron chi connectivity index (χ3n) is 7.39. The summed E-state index contributed by atoms with van der Waals surface area (Å²) in [6, 6.07) is 0. The zero-order valence-corrected chi connectivity index (χ0v) is 13.4. The second kappa shape index (κ2) is 4.33. The van der Waals surface area contributed by atoms with Crippen molar-refractivity contribution in [1.82, 2.24) is 0 Å². The molecule has 3 heteroatoms. The van der Waals surface area contributed by atoms with Crippen LogP contribution in [0.4, 0.5) is 0 Å². The maximum atomic E-state index is 12.4. The zero-order valence-electron chi connectivity index (χ0n) is 13.4. The summed E-state index contributed by atoms with van der Waals surface area (Å²) >= 11 is 0. The van der Waals surface area contributed by atoms with Crippen LogP contribution >= 0.6 is 0 Å². The average molecular weight is 300 g/mol. The molecule has 0 heterocycles.